The van der Waals surface area contributed by atoms with Crippen molar-refractivity contribution in [3.8, 4) is 0 Å². The largest absolute Gasteiger partial charge is 0.392 e. The van der Waals surface area contributed by atoms with E-state index >= 15 is 0 Å². The van der Waals surface area contributed by atoms with Crippen LogP contribution in [0.2, 0.25) is 0 Å². The van der Waals surface area contributed by atoms with Gasteiger partial charge in [-0.15, -0.1) is 0 Å². The van der Waals surface area contributed by atoms with Crippen molar-refractivity contribution in [1.29, 1.82) is 0 Å². The Bertz CT molecular complexity index is 1940. The lowest BCUT2D eigenvalue weighted by atomic mass is 9.40. The SMILES string of the molecule is C=C(C)[C@H]1C(=O)c2c3c(cc4c5c(n1c24)[C@@]1(C)[C@@H](CC[C@H]2[C@](C)(/C=C/C=C(\C)CO)[C@@H](O)CC[C@@]21C)C5)C1=CC(C)(C)OC(C)(C)[C@H]1[C@@H]3O. The van der Waals surface area contributed by atoms with Gasteiger partial charge in [-0.2, -0.15) is 0 Å². The molecule has 2 aliphatic heterocycles. The summed E-state index contributed by atoms with van der Waals surface area (Å²) in [6.07, 6.45) is 11.8. The normalized spacial score (nSPS) is 39.9. The summed E-state index contributed by atoms with van der Waals surface area (Å²) in [5, 5.41) is 34.6. The van der Waals surface area contributed by atoms with Crippen LogP contribution < -0.4 is 0 Å². The van der Waals surface area contributed by atoms with Gasteiger partial charge >= 0.3 is 0 Å². The summed E-state index contributed by atoms with van der Waals surface area (Å²) in [5.74, 6) is 0.436. The van der Waals surface area contributed by atoms with Crippen LogP contribution in [0.15, 0.2) is 48.1 Å². The predicted molar refractivity (Wildman–Crippen MR) is 194 cm³/mol. The Balaban J connectivity index is 1.37. The minimum atomic E-state index is -0.839. The number of rotatable bonds is 4. The number of aromatic nitrogens is 1. The van der Waals surface area contributed by atoms with E-state index in [0.29, 0.717) is 17.9 Å². The van der Waals surface area contributed by atoms with E-state index in [2.05, 4.69) is 77.8 Å². The molecule has 262 valence electrons. The van der Waals surface area contributed by atoms with Gasteiger partial charge in [0.2, 0.25) is 0 Å². The van der Waals surface area contributed by atoms with Crippen LogP contribution in [0.25, 0.3) is 16.5 Å². The first-order valence-corrected chi connectivity index (χ1v) is 18.5. The minimum Gasteiger partial charge on any atom is -0.392 e. The van der Waals surface area contributed by atoms with Crippen molar-refractivity contribution < 1.29 is 24.9 Å². The molecule has 0 spiro atoms. The lowest BCUT2D eigenvalue weighted by molar-refractivity contribution is -0.144. The monoisotopic (exact) mass is 665 g/mol. The first-order valence-electron chi connectivity index (χ1n) is 18.5. The number of hydrogen-bond acceptors (Lipinski definition) is 5. The molecule has 0 bridgehead atoms. The Hall–Kier alpha value is -2.77. The van der Waals surface area contributed by atoms with Gasteiger partial charge in [-0.05, 0) is 125 Å². The molecular weight excluding hydrogens is 610 g/mol. The van der Waals surface area contributed by atoms with Gasteiger partial charge < -0.3 is 24.6 Å². The number of ketones is 1. The smallest absolute Gasteiger partial charge is 0.192 e. The van der Waals surface area contributed by atoms with Gasteiger partial charge in [0.15, 0.2) is 5.78 Å². The van der Waals surface area contributed by atoms with Crippen molar-refractivity contribution in [1.82, 2.24) is 4.57 Å². The summed E-state index contributed by atoms with van der Waals surface area (Å²) in [5.41, 5.74) is 6.97. The highest BCUT2D eigenvalue weighted by Crippen LogP contribution is 2.71. The number of ether oxygens (including phenoxy) is 1. The van der Waals surface area contributed by atoms with Gasteiger partial charge in [0, 0.05) is 33.4 Å². The molecule has 3 heterocycles. The maximum absolute atomic E-state index is 14.8. The summed E-state index contributed by atoms with van der Waals surface area (Å²) in [6.45, 7) is 23.8. The zero-order valence-electron chi connectivity index (χ0n) is 30.9. The van der Waals surface area contributed by atoms with Crippen LogP contribution in [-0.4, -0.2) is 49.6 Å². The molecule has 2 saturated carbocycles. The molecular formula is C43H55NO5. The van der Waals surface area contributed by atoms with Gasteiger partial charge in [0.05, 0.1) is 41.1 Å². The van der Waals surface area contributed by atoms with E-state index in [9.17, 15) is 20.1 Å². The van der Waals surface area contributed by atoms with Crippen LogP contribution in [0.5, 0.6) is 0 Å². The van der Waals surface area contributed by atoms with E-state index in [1.54, 1.807) is 0 Å². The lowest BCUT2D eigenvalue weighted by Gasteiger charge is -2.64. The second-order valence-corrected chi connectivity index (χ2v) is 18.4. The molecule has 0 saturated heterocycles. The third-order valence-corrected chi connectivity index (χ3v) is 14.7. The summed E-state index contributed by atoms with van der Waals surface area (Å²) < 4.78 is 8.90. The molecule has 2 aromatic rings. The first kappa shape index (κ1) is 33.4. The van der Waals surface area contributed by atoms with E-state index in [1.165, 1.54) is 11.3 Å². The third kappa shape index (κ3) is 4.01. The van der Waals surface area contributed by atoms with Crippen LogP contribution in [0.1, 0.15) is 133 Å². The molecule has 8 rings (SSSR count). The van der Waals surface area contributed by atoms with Crippen molar-refractivity contribution >= 4 is 22.3 Å². The van der Waals surface area contributed by atoms with Crippen LogP contribution in [0, 0.1) is 28.6 Å². The van der Waals surface area contributed by atoms with Gasteiger partial charge in [-0.25, -0.2) is 0 Å². The summed E-state index contributed by atoms with van der Waals surface area (Å²) in [4.78, 5) is 14.8. The van der Waals surface area contributed by atoms with Gasteiger partial charge in [-0.3, -0.25) is 4.79 Å². The Morgan fingerprint density at radius 2 is 1.80 bits per heavy atom. The standard InChI is InChI=1S/C43H55NO5/c1-22(2)34-37(48)32-31-25(28-20-39(4,5)49-40(6,7)33(28)36(31)47)19-26-27-18-24-13-14-29-41(8,16-11-12-23(3)21-45)30(46)15-17-42(29,9)43(24,10)38(27)44(34)35(26)32/h11-12,16,19-20,24,29-30,33-34,36,45-47H,1,13-15,17-18,21H2,2-10H3/b16-11+,23-12+/t24-,29-,30-,33+,34-,36+,41-,42-,43+/m0/s1. The van der Waals surface area contributed by atoms with E-state index in [0.717, 1.165) is 64.4 Å². The molecule has 9 atom stereocenters. The Morgan fingerprint density at radius 1 is 1.08 bits per heavy atom. The van der Waals surface area contributed by atoms with E-state index < -0.39 is 34.9 Å². The highest BCUT2D eigenvalue weighted by molar-refractivity contribution is 6.18. The summed E-state index contributed by atoms with van der Waals surface area (Å²) in [7, 11) is 0. The van der Waals surface area contributed by atoms with Gasteiger partial charge in [-0.1, -0.05) is 51.2 Å². The quantitative estimate of drug-likeness (QED) is 0.227. The number of nitrogens with zero attached hydrogens (tertiary/aromatic N) is 1. The number of benzene rings is 1. The molecule has 6 aliphatic rings. The number of aliphatic hydroxyl groups excluding tert-OH is 3. The topological polar surface area (TPSA) is 91.9 Å². The van der Waals surface area contributed by atoms with Crippen molar-refractivity contribution in [2.45, 2.75) is 129 Å². The molecule has 6 nitrogen and oxygen atoms in total. The third-order valence-electron chi connectivity index (χ3n) is 14.7. The fraction of sp³-hybridized carbons (Fsp3) is 0.605. The molecule has 1 aromatic carbocycles. The predicted octanol–water partition coefficient (Wildman–Crippen LogP) is 8.09. The average Bonchev–Trinajstić information content (AvgIpc) is 3.67. The van der Waals surface area contributed by atoms with Crippen molar-refractivity contribution in [3.63, 3.8) is 0 Å². The summed E-state index contributed by atoms with van der Waals surface area (Å²) in [6, 6.07) is 1.81. The van der Waals surface area contributed by atoms with Crippen LogP contribution in [0.4, 0.5) is 0 Å². The zero-order valence-corrected chi connectivity index (χ0v) is 30.9. The maximum atomic E-state index is 14.8. The zero-order chi connectivity index (χ0) is 35.4. The molecule has 3 N–H and O–H groups in total. The Morgan fingerprint density at radius 3 is 2.47 bits per heavy atom. The number of aliphatic hydroxyl groups is 3. The van der Waals surface area contributed by atoms with Crippen molar-refractivity contribution in [3.05, 3.63) is 76.0 Å². The molecule has 1 aromatic heterocycles. The fourth-order valence-electron chi connectivity index (χ4n) is 12.6. The van der Waals surface area contributed by atoms with E-state index in [1.807, 2.05) is 26.0 Å². The van der Waals surface area contributed by atoms with Gasteiger partial charge in [0.1, 0.15) is 6.04 Å². The van der Waals surface area contributed by atoms with Crippen molar-refractivity contribution in [2.75, 3.05) is 6.61 Å². The number of carbonyl (C=O) groups excluding carboxylic acids is 1. The molecule has 2 fully saturated rings. The maximum Gasteiger partial charge on any atom is 0.192 e. The molecule has 49 heavy (non-hydrogen) atoms. The number of carbonyl (C=O) groups is 1. The van der Waals surface area contributed by atoms with Crippen LogP contribution in [-0.2, 0) is 16.6 Å². The molecule has 4 aliphatic carbocycles. The molecule has 0 radical (unpaired) electrons. The highest BCUT2D eigenvalue weighted by Gasteiger charge is 2.67. The number of fused-ring (bicyclic) bond motifs is 11. The number of Topliss-reactive ketones (excluding diaryl/α,β-unsaturated/α-hetero) is 1. The van der Waals surface area contributed by atoms with Crippen molar-refractivity contribution in [2.24, 2.45) is 28.6 Å². The number of hydrogen-bond donors (Lipinski definition) is 3. The van der Waals surface area contributed by atoms with Crippen LogP contribution in [0.3, 0.4) is 0 Å². The fourth-order valence-corrected chi connectivity index (χ4v) is 12.6. The molecule has 0 unspecified atom stereocenters. The van der Waals surface area contributed by atoms with E-state index in [-0.39, 0.29) is 35.1 Å². The first-order chi connectivity index (χ1) is 22.8. The second-order valence-electron chi connectivity index (χ2n) is 18.4. The van der Waals surface area contributed by atoms with Crippen LogP contribution >= 0.6 is 0 Å². The Labute approximate surface area is 291 Å². The second kappa shape index (κ2) is 10.2. The number of allylic oxidation sites excluding steroid dienone is 3. The molecule has 0 amide bonds. The Kier molecular flexibility index (Phi) is 6.93. The summed E-state index contributed by atoms with van der Waals surface area (Å²) >= 11 is 0. The average molecular weight is 666 g/mol. The van der Waals surface area contributed by atoms with Gasteiger partial charge in [0.25, 0.3) is 0 Å². The highest BCUT2D eigenvalue weighted by atomic mass is 16.5. The lowest BCUT2D eigenvalue weighted by Crippen LogP contribution is -2.62. The minimum absolute atomic E-state index is 0.0180. The van der Waals surface area contributed by atoms with E-state index in [4.69, 9.17) is 4.74 Å². The molecule has 6 heteroatoms.